The van der Waals surface area contributed by atoms with E-state index in [1.807, 2.05) is 6.07 Å². The Morgan fingerprint density at radius 2 is 2.00 bits per heavy atom. The largest absolute Gasteiger partial charge is 0.497 e. The molecule has 2 heteroatoms. The predicted molar refractivity (Wildman–Crippen MR) is 90.9 cm³/mol. The average molecular weight is 304 g/mol. The van der Waals surface area contributed by atoms with Gasteiger partial charge < -0.3 is 4.74 Å². The van der Waals surface area contributed by atoms with Gasteiger partial charge in [0.15, 0.2) is 0 Å². The highest BCUT2D eigenvalue weighted by Gasteiger charge is 2.55. The topological polar surface area (TPSA) is 26.3 Å². The number of rotatable bonds is 1. The van der Waals surface area contributed by atoms with Gasteiger partial charge in [0.2, 0.25) is 0 Å². The van der Waals surface area contributed by atoms with Crippen LogP contribution in [0.3, 0.4) is 0 Å². The molecule has 0 radical (unpaired) electrons. The molecule has 2 bridgehead atoms. The van der Waals surface area contributed by atoms with Crippen molar-refractivity contribution in [3.8, 4) is 5.75 Å². The SMILES string of the molecule is COc1ccc2cc3c(cc2c1)CCC(=O)C31CC2C=CC1C2. The Labute approximate surface area is 136 Å². The standard InChI is InChI=1S/C21H20O2/c1-23-18-6-3-14-11-19-15(9-16(14)10-18)4-7-20(22)21(19)12-13-2-5-17(21)8-13/h2-3,5-6,9-11,13,17H,4,7-8,12H2,1H3. The third kappa shape index (κ3) is 1.67. The molecule has 3 aliphatic rings. The molecule has 116 valence electrons. The summed E-state index contributed by atoms with van der Waals surface area (Å²) in [6.07, 6.45) is 8.37. The van der Waals surface area contributed by atoms with E-state index in [0.717, 1.165) is 25.0 Å². The maximum Gasteiger partial charge on any atom is 0.144 e. The second-order valence-corrected chi connectivity index (χ2v) is 7.31. The van der Waals surface area contributed by atoms with Crippen molar-refractivity contribution in [2.75, 3.05) is 7.11 Å². The highest BCUT2D eigenvalue weighted by atomic mass is 16.5. The van der Waals surface area contributed by atoms with E-state index in [4.69, 9.17) is 4.74 Å². The number of hydrogen-bond donors (Lipinski definition) is 0. The first kappa shape index (κ1) is 13.4. The molecule has 0 amide bonds. The summed E-state index contributed by atoms with van der Waals surface area (Å²) in [4.78, 5) is 13.0. The van der Waals surface area contributed by atoms with Crippen LogP contribution in [0.25, 0.3) is 10.8 Å². The zero-order chi connectivity index (χ0) is 15.6. The molecule has 0 aliphatic heterocycles. The summed E-state index contributed by atoms with van der Waals surface area (Å²) in [5.41, 5.74) is 2.44. The second-order valence-electron chi connectivity index (χ2n) is 7.31. The molecule has 1 spiro atoms. The Kier molecular flexibility index (Phi) is 2.60. The van der Waals surface area contributed by atoms with Crippen molar-refractivity contribution in [3.63, 3.8) is 0 Å². The van der Waals surface area contributed by atoms with Gasteiger partial charge in [0.25, 0.3) is 0 Å². The molecule has 23 heavy (non-hydrogen) atoms. The van der Waals surface area contributed by atoms with E-state index >= 15 is 0 Å². The number of ketones is 1. The zero-order valence-electron chi connectivity index (χ0n) is 13.3. The van der Waals surface area contributed by atoms with Gasteiger partial charge >= 0.3 is 0 Å². The van der Waals surface area contributed by atoms with Crippen molar-refractivity contribution in [1.82, 2.24) is 0 Å². The molecule has 3 atom stereocenters. The van der Waals surface area contributed by atoms with Crippen LogP contribution in [-0.4, -0.2) is 12.9 Å². The molecule has 1 saturated carbocycles. The average Bonchev–Trinajstić information content (AvgIpc) is 3.18. The number of carbonyl (C=O) groups is 1. The summed E-state index contributed by atoms with van der Waals surface area (Å²) in [7, 11) is 1.70. The van der Waals surface area contributed by atoms with Crippen LogP contribution in [0, 0.1) is 11.8 Å². The normalized spacial score (nSPS) is 31.1. The third-order valence-electron chi connectivity index (χ3n) is 6.26. The Morgan fingerprint density at radius 1 is 1.09 bits per heavy atom. The number of carbonyl (C=O) groups excluding carboxylic acids is 1. The highest BCUT2D eigenvalue weighted by molar-refractivity contribution is 5.96. The van der Waals surface area contributed by atoms with E-state index in [1.165, 1.54) is 21.9 Å². The van der Waals surface area contributed by atoms with E-state index in [2.05, 4.69) is 36.4 Å². The molecule has 2 aromatic carbocycles. The van der Waals surface area contributed by atoms with Gasteiger partial charge in [-0.05, 0) is 71.2 Å². The van der Waals surface area contributed by atoms with Crippen LogP contribution < -0.4 is 4.74 Å². The number of Topliss-reactive ketones (excluding diaryl/α,β-unsaturated/α-hetero) is 1. The fraction of sp³-hybridized carbons (Fsp3) is 0.381. The summed E-state index contributed by atoms with van der Waals surface area (Å²) in [5, 5.41) is 2.43. The van der Waals surface area contributed by atoms with Crippen molar-refractivity contribution in [2.24, 2.45) is 11.8 Å². The summed E-state index contributed by atoms with van der Waals surface area (Å²) in [5.74, 6) is 2.37. The molecule has 0 aromatic heterocycles. The minimum Gasteiger partial charge on any atom is -0.497 e. The van der Waals surface area contributed by atoms with Crippen LogP contribution in [-0.2, 0) is 16.6 Å². The van der Waals surface area contributed by atoms with Crippen molar-refractivity contribution in [1.29, 1.82) is 0 Å². The fourth-order valence-electron chi connectivity index (χ4n) is 5.18. The van der Waals surface area contributed by atoms with Gasteiger partial charge in [-0.25, -0.2) is 0 Å². The van der Waals surface area contributed by atoms with Gasteiger partial charge in [-0.15, -0.1) is 0 Å². The zero-order valence-corrected chi connectivity index (χ0v) is 13.3. The molecule has 1 fully saturated rings. The molecule has 5 rings (SSSR count). The van der Waals surface area contributed by atoms with Gasteiger partial charge in [0.1, 0.15) is 11.5 Å². The Balaban J connectivity index is 1.75. The van der Waals surface area contributed by atoms with Gasteiger partial charge in [-0.1, -0.05) is 24.3 Å². The summed E-state index contributed by atoms with van der Waals surface area (Å²) >= 11 is 0. The Bertz CT molecular complexity index is 864. The number of ether oxygens (including phenoxy) is 1. The van der Waals surface area contributed by atoms with Crippen LogP contribution in [0.4, 0.5) is 0 Å². The van der Waals surface area contributed by atoms with Crippen LogP contribution in [0.2, 0.25) is 0 Å². The highest BCUT2D eigenvalue weighted by Crippen LogP contribution is 2.57. The summed E-state index contributed by atoms with van der Waals surface area (Å²) in [6.45, 7) is 0. The van der Waals surface area contributed by atoms with Gasteiger partial charge in [-0.3, -0.25) is 4.79 Å². The number of allylic oxidation sites excluding steroid dienone is 2. The first-order valence-electron chi connectivity index (χ1n) is 8.53. The van der Waals surface area contributed by atoms with Crippen molar-refractivity contribution in [2.45, 2.75) is 31.1 Å². The minimum absolute atomic E-state index is 0.235. The Hall–Kier alpha value is -2.09. The predicted octanol–water partition coefficient (Wildman–Crippen LogP) is 4.20. The van der Waals surface area contributed by atoms with Crippen molar-refractivity contribution >= 4 is 16.6 Å². The van der Waals surface area contributed by atoms with Gasteiger partial charge in [0, 0.05) is 6.42 Å². The number of aryl methyl sites for hydroxylation is 1. The molecular weight excluding hydrogens is 284 g/mol. The second kappa shape index (κ2) is 4.47. The Morgan fingerprint density at radius 3 is 2.74 bits per heavy atom. The maximum absolute atomic E-state index is 13.0. The molecule has 0 saturated heterocycles. The molecule has 0 N–H and O–H groups in total. The summed E-state index contributed by atoms with van der Waals surface area (Å²) < 4.78 is 5.35. The number of hydrogen-bond acceptors (Lipinski definition) is 2. The van der Waals surface area contributed by atoms with Gasteiger partial charge in [0.05, 0.1) is 12.5 Å². The lowest BCUT2D eigenvalue weighted by Crippen LogP contribution is -2.43. The quantitative estimate of drug-likeness (QED) is 0.738. The maximum atomic E-state index is 13.0. The third-order valence-corrected chi connectivity index (χ3v) is 6.26. The van der Waals surface area contributed by atoms with E-state index in [1.54, 1.807) is 7.11 Å². The fourth-order valence-corrected chi connectivity index (χ4v) is 5.18. The number of fused-ring (bicyclic) bond motifs is 6. The molecule has 3 unspecified atom stereocenters. The van der Waals surface area contributed by atoms with E-state index in [9.17, 15) is 4.79 Å². The van der Waals surface area contributed by atoms with E-state index in [0.29, 0.717) is 24.0 Å². The number of benzene rings is 2. The lowest BCUT2D eigenvalue weighted by Gasteiger charge is -2.39. The number of methoxy groups -OCH3 is 1. The van der Waals surface area contributed by atoms with Crippen molar-refractivity contribution in [3.05, 3.63) is 53.6 Å². The molecule has 2 nitrogen and oxygen atoms in total. The molecule has 2 aromatic rings. The van der Waals surface area contributed by atoms with Crippen LogP contribution in [0.1, 0.15) is 30.4 Å². The lowest BCUT2D eigenvalue weighted by atomic mass is 9.62. The molecule has 3 aliphatic carbocycles. The first-order chi connectivity index (χ1) is 11.2. The monoisotopic (exact) mass is 304 g/mol. The minimum atomic E-state index is -0.235. The van der Waals surface area contributed by atoms with Crippen LogP contribution >= 0.6 is 0 Å². The molecular formula is C21H20O2. The summed E-state index contributed by atoms with van der Waals surface area (Å²) in [6, 6.07) is 10.8. The van der Waals surface area contributed by atoms with Crippen LogP contribution in [0.5, 0.6) is 5.75 Å². The molecule has 0 heterocycles. The first-order valence-corrected chi connectivity index (χ1v) is 8.53. The lowest BCUT2D eigenvalue weighted by molar-refractivity contribution is -0.126. The van der Waals surface area contributed by atoms with E-state index in [-0.39, 0.29) is 5.41 Å². The van der Waals surface area contributed by atoms with E-state index < -0.39 is 0 Å². The van der Waals surface area contributed by atoms with Crippen LogP contribution in [0.15, 0.2) is 42.5 Å². The van der Waals surface area contributed by atoms with Gasteiger partial charge in [-0.2, -0.15) is 0 Å². The smallest absolute Gasteiger partial charge is 0.144 e. The van der Waals surface area contributed by atoms with Crippen molar-refractivity contribution < 1.29 is 9.53 Å².